The first-order valence-corrected chi connectivity index (χ1v) is 6.22. The van der Waals surface area contributed by atoms with E-state index in [0.29, 0.717) is 0 Å². The fourth-order valence-electron chi connectivity index (χ4n) is 2.15. The quantitative estimate of drug-likeness (QED) is 0.759. The average molecular weight is 247 g/mol. The Hall–Kier alpha value is -2.23. The molecule has 0 amide bonds. The summed E-state index contributed by atoms with van der Waals surface area (Å²) in [5.41, 5.74) is 3.41. The van der Waals surface area contributed by atoms with E-state index in [9.17, 15) is 0 Å². The van der Waals surface area contributed by atoms with E-state index in [2.05, 4.69) is 29.4 Å². The molecule has 2 radical (unpaired) electrons. The van der Waals surface area contributed by atoms with Crippen LogP contribution in [0.3, 0.4) is 0 Å². The van der Waals surface area contributed by atoms with Gasteiger partial charge in [0.2, 0.25) is 0 Å². The molecule has 1 aliphatic rings. The van der Waals surface area contributed by atoms with Crippen LogP contribution in [0.15, 0.2) is 59.7 Å². The Bertz CT molecular complexity index is 597. The summed E-state index contributed by atoms with van der Waals surface area (Å²) in [6, 6.07) is 18.4. The molecule has 19 heavy (non-hydrogen) atoms. The minimum absolute atomic E-state index is 0.244. The van der Waals surface area contributed by atoms with E-state index < -0.39 is 0 Å². The van der Waals surface area contributed by atoms with Crippen molar-refractivity contribution in [1.29, 1.82) is 0 Å². The van der Waals surface area contributed by atoms with Gasteiger partial charge in [-0.25, -0.2) is 0 Å². The van der Waals surface area contributed by atoms with E-state index in [1.165, 1.54) is 11.1 Å². The van der Waals surface area contributed by atoms with Crippen LogP contribution >= 0.6 is 0 Å². The highest BCUT2D eigenvalue weighted by atomic mass is 15.6. The summed E-state index contributed by atoms with van der Waals surface area (Å²) in [6.07, 6.45) is 1.76. The van der Waals surface area contributed by atoms with Gasteiger partial charge in [0.1, 0.15) is 14.2 Å². The molecule has 0 aliphatic carbocycles. The van der Waals surface area contributed by atoms with E-state index in [0.717, 1.165) is 5.69 Å². The second-order valence-electron chi connectivity index (χ2n) is 4.54. The molecule has 1 atom stereocenters. The molecule has 0 saturated heterocycles. The zero-order chi connectivity index (χ0) is 13.2. The predicted octanol–water partition coefficient (Wildman–Crippen LogP) is 2.50. The van der Waals surface area contributed by atoms with Crippen molar-refractivity contribution >= 4 is 19.9 Å². The highest BCUT2D eigenvalue weighted by molar-refractivity contribution is 6.16. The Kier molecular flexibility index (Phi) is 2.99. The molecule has 0 bridgehead atoms. The maximum absolute atomic E-state index is 6.07. The summed E-state index contributed by atoms with van der Waals surface area (Å²) in [7, 11) is 7.93. The number of benzene rings is 2. The summed E-state index contributed by atoms with van der Waals surface area (Å²) in [5, 5.41) is 5.92. The van der Waals surface area contributed by atoms with E-state index >= 15 is 0 Å². The van der Waals surface area contributed by atoms with E-state index in [1.54, 1.807) is 11.3 Å². The fourth-order valence-corrected chi connectivity index (χ4v) is 2.15. The maximum Gasteiger partial charge on any atom is 0.132 e. The zero-order valence-corrected chi connectivity index (χ0v) is 10.8. The van der Waals surface area contributed by atoms with Crippen LogP contribution in [0.4, 0.5) is 5.69 Å². The normalized spacial score (nSPS) is 18.1. The van der Waals surface area contributed by atoms with Crippen LogP contribution in [0.1, 0.15) is 0 Å². The molecule has 92 valence electrons. The second kappa shape index (κ2) is 4.80. The van der Waals surface area contributed by atoms with Gasteiger partial charge >= 0.3 is 0 Å². The van der Waals surface area contributed by atoms with Crippen LogP contribution in [0.25, 0.3) is 11.1 Å². The fraction of sp³-hybridized carbons (Fsp3) is 0.133. The van der Waals surface area contributed by atoms with Crippen molar-refractivity contribution < 1.29 is 0 Å². The molecule has 4 heteroatoms. The standard InChI is InChI=1S/C15H14BN3/c1-18-15(16)19(11-17-18)14-9-5-8-13(10-14)12-6-3-2-4-7-12/h2-11,15H,1H3. The Morgan fingerprint density at radius 1 is 1.00 bits per heavy atom. The highest BCUT2D eigenvalue weighted by Crippen LogP contribution is 2.26. The minimum atomic E-state index is -0.244. The lowest BCUT2D eigenvalue weighted by atomic mass is 10.0. The minimum Gasteiger partial charge on any atom is -0.317 e. The first-order chi connectivity index (χ1) is 9.25. The monoisotopic (exact) mass is 247 g/mol. The van der Waals surface area contributed by atoms with Crippen molar-refractivity contribution in [2.75, 3.05) is 11.9 Å². The van der Waals surface area contributed by atoms with Gasteiger partial charge in [-0.3, -0.25) is 5.01 Å². The van der Waals surface area contributed by atoms with Crippen molar-refractivity contribution in [3.63, 3.8) is 0 Å². The van der Waals surface area contributed by atoms with Crippen LogP contribution in [0.5, 0.6) is 0 Å². The molecule has 3 rings (SSSR count). The molecule has 0 fully saturated rings. The van der Waals surface area contributed by atoms with Gasteiger partial charge in [0, 0.05) is 12.7 Å². The summed E-state index contributed by atoms with van der Waals surface area (Å²) >= 11 is 0. The molecule has 0 saturated carbocycles. The summed E-state index contributed by atoms with van der Waals surface area (Å²) in [6.45, 7) is 0. The molecule has 1 heterocycles. The lowest BCUT2D eigenvalue weighted by Crippen LogP contribution is -2.38. The lowest BCUT2D eigenvalue weighted by Gasteiger charge is -2.25. The Labute approximate surface area is 114 Å². The van der Waals surface area contributed by atoms with Crippen LogP contribution in [-0.2, 0) is 0 Å². The second-order valence-corrected chi connectivity index (χ2v) is 4.54. The predicted molar refractivity (Wildman–Crippen MR) is 80.2 cm³/mol. The molecule has 0 spiro atoms. The molecule has 1 unspecified atom stereocenters. The van der Waals surface area contributed by atoms with Crippen LogP contribution in [0, 0.1) is 0 Å². The van der Waals surface area contributed by atoms with Crippen molar-refractivity contribution in [1.82, 2.24) is 5.01 Å². The van der Waals surface area contributed by atoms with Gasteiger partial charge in [0.05, 0.1) is 6.07 Å². The molecule has 2 aromatic rings. The van der Waals surface area contributed by atoms with Gasteiger partial charge in [-0.1, -0.05) is 42.5 Å². The van der Waals surface area contributed by atoms with Gasteiger partial charge in [-0.05, 0) is 23.3 Å². The Morgan fingerprint density at radius 3 is 2.42 bits per heavy atom. The number of nitrogens with zero attached hydrogens (tertiary/aromatic N) is 3. The topological polar surface area (TPSA) is 18.8 Å². The number of rotatable bonds is 2. The van der Waals surface area contributed by atoms with E-state index in [1.807, 2.05) is 42.3 Å². The number of anilines is 1. The Morgan fingerprint density at radius 2 is 1.74 bits per heavy atom. The molecule has 0 N–H and O–H groups in total. The first-order valence-electron chi connectivity index (χ1n) is 6.22. The van der Waals surface area contributed by atoms with Gasteiger partial charge in [0.25, 0.3) is 0 Å². The lowest BCUT2D eigenvalue weighted by molar-refractivity contribution is 0.358. The first kappa shape index (κ1) is 11.8. The largest absolute Gasteiger partial charge is 0.317 e. The third-order valence-electron chi connectivity index (χ3n) is 3.28. The van der Waals surface area contributed by atoms with Crippen molar-refractivity contribution in [2.24, 2.45) is 5.10 Å². The van der Waals surface area contributed by atoms with Crippen LogP contribution in [0.2, 0.25) is 0 Å². The smallest absolute Gasteiger partial charge is 0.132 e. The van der Waals surface area contributed by atoms with Gasteiger partial charge < -0.3 is 4.90 Å². The van der Waals surface area contributed by atoms with Crippen molar-refractivity contribution in [2.45, 2.75) is 6.07 Å². The Balaban J connectivity index is 1.95. The van der Waals surface area contributed by atoms with Crippen molar-refractivity contribution in [3.05, 3.63) is 54.6 Å². The number of hydrazone groups is 1. The summed E-state index contributed by atoms with van der Waals surface area (Å²) < 4.78 is 0. The van der Waals surface area contributed by atoms with E-state index in [4.69, 9.17) is 7.85 Å². The van der Waals surface area contributed by atoms with Crippen molar-refractivity contribution in [3.8, 4) is 11.1 Å². The molecular weight excluding hydrogens is 233 g/mol. The molecule has 0 aromatic heterocycles. The molecule has 1 aliphatic heterocycles. The summed E-state index contributed by atoms with van der Waals surface area (Å²) in [5.74, 6) is 0. The van der Waals surface area contributed by atoms with E-state index in [-0.39, 0.29) is 6.07 Å². The van der Waals surface area contributed by atoms with Crippen LogP contribution in [-0.4, -0.2) is 32.3 Å². The molecule has 2 aromatic carbocycles. The van der Waals surface area contributed by atoms with Gasteiger partial charge in [0.15, 0.2) is 0 Å². The molecule has 3 nitrogen and oxygen atoms in total. The molecular formula is C15H14BN3. The van der Waals surface area contributed by atoms with Crippen LogP contribution < -0.4 is 4.90 Å². The zero-order valence-electron chi connectivity index (χ0n) is 10.8. The maximum atomic E-state index is 6.07. The third-order valence-corrected chi connectivity index (χ3v) is 3.28. The number of hydrogen-bond donors (Lipinski definition) is 0. The third kappa shape index (κ3) is 2.21. The van der Waals surface area contributed by atoms with Gasteiger partial charge in [-0.2, -0.15) is 5.10 Å². The number of hydrogen-bond acceptors (Lipinski definition) is 3. The summed E-state index contributed by atoms with van der Waals surface area (Å²) in [4.78, 5) is 1.95. The SMILES string of the molecule is [B]C1N(C)N=CN1c1cccc(-c2ccccc2)c1. The highest BCUT2D eigenvalue weighted by Gasteiger charge is 2.21. The average Bonchev–Trinajstić information content (AvgIpc) is 2.80. The van der Waals surface area contributed by atoms with Gasteiger partial charge in [-0.15, -0.1) is 0 Å².